The Kier molecular flexibility index (Phi) is 2.55. The van der Waals surface area contributed by atoms with Gasteiger partial charge in [-0.1, -0.05) is 0 Å². The van der Waals surface area contributed by atoms with Gasteiger partial charge in [0.2, 0.25) is 0 Å². The molecule has 0 saturated carbocycles. The molecule has 0 aliphatic carbocycles. The van der Waals surface area contributed by atoms with Crippen LogP contribution in [0.5, 0.6) is 0 Å². The van der Waals surface area contributed by atoms with Gasteiger partial charge in [-0.05, 0) is 30.8 Å². The van der Waals surface area contributed by atoms with E-state index < -0.39 is 0 Å². The number of hydrogen-bond donors (Lipinski definition) is 1. The molecule has 14 heavy (non-hydrogen) atoms. The lowest BCUT2D eigenvalue weighted by Crippen LogP contribution is -2.17. The summed E-state index contributed by atoms with van der Waals surface area (Å²) in [5.74, 6) is 0.875. The van der Waals surface area contributed by atoms with Gasteiger partial charge in [0.25, 0.3) is 0 Å². The van der Waals surface area contributed by atoms with Crippen molar-refractivity contribution >= 4 is 0 Å². The molecule has 0 fully saturated rings. The average molecular weight is 189 g/mol. The summed E-state index contributed by atoms with van der Waals surface area (Å²) >= 11 is 0. The lowest BCUT2D eigenvalue weighted by molar-refractivity contribution is 0.462. The fourth-order valence-electron chi connectivity index (χ4n) is 1.40. The third kappa shape index (κ3) is 1.65. The lowest BCUT2D eigenvalue weighted by Gasteiger charge is -2.12. The summed E-state index contributed by atoms with van der Waals surface area (Å²) in [4.78, 5) is 0. The fraction of sp³-hybridized carbons (Fsp3) is 0.200. The van der Waals surface area contributed by atoms with Crippen LogP contribution >= 0.6 is 0 Å². The van der Waals surface area contributed by atoms with Gasteiger partial charge >= 0.3 is 0 Å². The molecule has 0 aliphatic heterocycles. The molecule has 0 radical (unpaired) electrons. The first-order chi connectivity index (χ1) is 6.92. The molecular weight excluding hydrogens is 178 g/mol. The van der Waals surface area contributed by atoms with Crippen LogP contribution in [0.25, 0.3) is 0 Å². The molecule has 0 aliphatic rings. The van der Waals surface area contributed by atoms with Gasteiger partial charge in [-0.3, -0.25) is 0 Å². The van der Waals surface area contributed by atoms with Gasteiger partial charge in [0, 0.05) is 6.20 Å². The number of hydrogen-bond acceptors (Lipinski definition) is 4. The second kappa shape index (κ2) is 4.02. The Bertz CT molecular complexity index is 372. The van der Waals surface area contributed by atoms with Gasteiger partial charge in [-0.25, -0.2) is 0 Å². The SMILES string of the molecule is CNC(c1ccnnc1)c1ccco1. The quantitative estimate of drug-likeness (QED) is 0.792. The minimum Gasteiger partial charge on any atom is -0.467 e. The second-order valence-electron chi connectivity index (χ2n) is 2.91. The van der Waals surface area contributed by atoms with Gasteiger partial charge in [-0.15, -0.1) is 0 Å². The van der Waals surface area contributed by atoms with Crippen molar-refractivity contribution < 1.29 is 4.42 Å². The Morgan fingerprint density at radius 1 is 1.36 bits per heavy atom. The molecule has 0 saturated heterocycles. The van der Waals surface area contributed by atoms with Crippen LogP contribution in [0.2, 0.25) is 0 Å². The van der Waals surface area contributed by atoms with E-state index in [0.717, 1.165) is 11.3 Å². The topological polar surface area (TPSA) is 51.0 Å². The van der Waals surface area contributed by atoms with Crippen LogP contribution in [-0.4, -0.2) is 17.2 Å². The van der Waals surface area contributed by atoms with Crippen molar-refractivity contribution in [3.05, 3.63) is 48.2 Å². The molecule has 1 atom stereocenters. The van der Waals surface area contributed by atoms with E-state index in [4.69, 9.17) is 4.42 Å². The van der Waals surface area contributed by atoms with Crippen molar-refractivity contribution in [2.45, 2.75) is 6.04 Å². The highest BCUT2D eigenvalue weighted by Gasteiger charge is 2.14. The van der Waals surface area contributed by atoms with Crippen molar-refractivity contribution in [2.24, 2.45) is 0 Å². The largest absolute Gasteiger partial charge is 0.467 e. The number of nitrogens with one attached hydrogen (secondary N) is 1. The first-order valence-corrected chi connectivity index (χ1v) is 4.39. The second-order valence-corrected chi connectivity index (χ2v) is 2.91. The number of aromatic nitrogens is 2. The summed E-state index contributed by atoms with van der Waals surface area (Å²) < 4.78 is 5.33. The maximum atomic E-state index is 5.33. The van der Waals surface area contributed by atoms with Gasteiger partial charge in [0.05, 0.1) is 18.5 Å². The third-order valence-corrected chi connectivity index (χ3v) is 2.06. The van der Waals surface area contributed by atoms with Gasteiger partial charge < -0.3 is 9.73 Å². The first-order valence-electron chi connectivity index (χ1n) is 4.39. The molecule has 2 heterocycles. The van der Waals surface area contributed by atoms with E-state index in [-0.39, 0.29) is 6.04 Å². The molecule has 2 aromatic heterocycles. The molecule has 4 heteroatoms. The molecule has 1 N–H and O–H groups in total. The predicted octanol–water partition coefficient (Wildman–Crippen LogP) is 1.38. The maximum Gasteiger partial charge on any atom is 0.125 e. The van der Waals surface area contributed by atoms with E-state index in [0.29, 0.717) is 0 Å². The van der Waals surface area contributed by atoms with Crippen molar-refractivity contribution in [2.75, 3.05) is 7.05 Å². The van der Waals surface area contributed by atoms with Crippen molar-refractivity contribution in [1.29, 1.82) is 0 Å². The van der Waals surface area contributed by atoms with E-state index in [1.165, 1.54) is 0 Å². The molecular formula is C10H11N3O. The zero-order valence-electron chi connectivity index (χ0n) is 7.84. The molecule has 2 rings (SSSR count). The summed E-state index contributed by atoms with van der Waals surface area (Å²) in [7, 11) is 1.88. The smallest absolute Gasteiger partial charge is 0.125 e. The normalized spacial score (nSPS) is 12.6. The van der Waals surface area contributed by atoms with Gasteiger partial charge in [0.1, 0.15) is 5.76 Å². The maximum absolute atomic E-state index is 5.33. The Labute approximate surface area is 82.0 Å². The highest BCUT2D eigenvalue weighted by atomic mass is 16.3. The molecule has 2 aromatic rings. The minimum atomic E-state index is 0.0421. The van der Waals surface area contributed by atoms with E-state index >= 15 is 0 Å². The van der Waals surface area contributed by atoms with Gasteiger partial charge in [-0.2, -0.15) is 10.2 Å². The number of furan rings is 1. The van der Waals surface area contributed by atoms with Crippen molar-refractivity contribution in [1.82, 2.24) is 15.5 Å². The van der Waals surface area contributed by atoms with Gasteiger partial charge in [0.15, 0.2) is 0 Å². The van der Waals surface area contributed by atoms with Crippen molar-refractivity contribution in [3.8, 4) is 0 Å². The Balaban J connectivity index is 2.31. The fourth-order valence-corrected chi connectivity index (χ4v) is 1.40. The van der Waals surface area contributed by atoms with E-state index in [1.54, 1.807) is 18.7 Å². The molecule has 1 unspecified atom stereocenters. The minimum absolute atomic E-state index is 0.0421. The third-order valence-electron chi connectivity index (χ3n) is 2.06. The van der Waals surface area contributed by atoms with Crippen molar-refractivity contribution in [3.63, 3.8) is 0 Å². The standard InChI is InChI=1S/C10H11N3O/c1-11-10(9-3-2-6-14-9)8-4-5-12-13-7-8/h2-7,10-11H,1H3. The number of rotatable bonds is 3. The molecule has 4 nitrogen and oxygen atoms in total. The number of nitrogens with zero attached hydrogens (tertiary/aromatic N) is 2. The Morgan fingerprint density at radius 2 is 2.29 bits per heavy atom. The summed E-state index contributed by atoms with van der Waals surface area (Å²) in [6, 6.07) is 5.76. The van der Waals surface area contributed by atoms with Crippen LogP contribution in [0.4, 0.5) is 0 Å². The summed E-state index contributed by atoms with van der Waals surface area (Å²) in [6.45, 7) is 0. The zero-order valence-corrected chi connectivity index (χ0v) is 7.84. The highest BCUT2D eigenvalue weighted by molar-refractivity contribution is 5.22. The van der Waals surface area contributed by atoms with Crippen LogP contribution in [0.15, 0.2) is 41.3 Å². The highest BCUT2D eigenvalue weighted by Crippen LogP contribution is 2.20. The predicted molar refractivity (Wildman–Crippen MR) is 51.6 cm³/mol. The monoisotopic (exact) mass is 189 g/mol. The van der Waals surface area contributed by atoms with E-state index in [1.807, 2.05) is 25.2 Å². The molecule has 0 amide bonds. The molecule has 0 aromatic carbocycles. The Morgan fingerprint density at radius 3 is 2.86 bits per heavy atom. The molecule has 72 valence electrons. The summed E-state index contributed by atoms with van der Waals surface area (Å²) in [5, 5.41) is 10.7. The van der Waals surface area contributed by atoms with Crippen LogP contribution < -0.4 is 5.32 Å². The molecule has 0 bridgehead atoms. The van der Waals surface area contributed by atoms with Crippen LogP contribution in [0.3, 0.4) is 0 Å². The van der Waals surface area contributed by atoms with Crippen LogP contribution in [0.1, 0.15) is 17.4 Å². The van der Waals surface area contributed by atoms with E-state index in [2.05, 4.69) is 15.5 Å². The average Bonchev–Trinajstić information content (AvgIpc) is 2.74. The summed E-state index contributed by atoms with van der Waals surface area (Å²) in [6.07, 6.45) is 5.06. The molecule has 0 spiro atoms. The first kappa shape index (κ1) is 8.90. The zero-order chi connectivity index (χ0) is 9.80. The summed E-state index contributed by atoms with van der Waals surface area (Å²) in [5.41, 5.74) is 1.04. The van der Waals surface area contributed by atoms with E-state index in [9.17, 15) is 0 Å². The lowest BCUT2D eigenvalue weighted by atomic mass is 10.1. The Hall–Kier alpha value is -1.68. The van der Waals surface area contributed by atoms with Crippen LogP contribution in [-0.2, 0) is 0 Å². The van der Waals surface area contributed by atoms with Crippen LogP contribution in [0, 0.1) is 0 Å².